The van der Waals surface area contributed by atoms with Crippen LogP contribution in [0.4, 0.5) is 10.1 Å². The van der Waals surface area contributed by atoms with Crippen LogP contribution in [0.2, 0.25) is 0 Å². The van der Waals surface area contributed by atoms with Crippen molar-refractivity contribution >= 4 is 34.3 Å². The first-order valence-corrected chi connectivity index (χ1v) is 8.42. The van der Waals surface area contributed by atoms with E-state index in [1.165, 1.54) is 23.5 Å². The standard InChI is InChI=1S/C16H13FN2OS2/c1-10-7-11(17)4-5-13(10)19-15(20)8-12-9-22-16(18-12)14-3-2-6-21-14/h2-7,9H,8H2,1H3,(H,19,20). The fraction of sp³-hybridized carbons (Fsp3) is 0.125. The largest absolute Gasteiger partial charge is 0.326 e. The van der Waals surface area contributed by atoms with Crippen LogP contribution in [0.3, 0.4) is 0 Å². The number of nitrogens with one attached hydrogen (secondary N) is 1. The van der Waals surface area contributed by atoms with Gasteiger partial charge in [0.15, 0.2) is 0 Å². The van der Waals surface area contributed by atoms with E-state index in [-0.39, 0.29) is 18.1 Å². The number of thiophene rings is 1. The van der Waals surface area contributed by atoms with Crippen molar-refractivity contribution in [3.63, 3.8) is 0 Å². The number of carbonyl (C=O) groups is 1. The van der Waals surface area contributed by atoms with Gasteiger partial charge in [-0.1, -0.05) is 6.07 Å². The van der Waals surface area contributed by atoms with E-state index in [0.29, 0.717) is 11.3 Å². The number of amides is 1. The third-order valence-electron chi connectivity index (χ3n) is 3.09. The Labute approximate surface area is 135 Å². The molecular formula is C16H13FN2OS2. The minimum absolute atomic E-state index is 0.155. The lowest BCUT2D eigenvalue weighted by Gasteiger charge is -2.07. The summed E-state index contributed by atoms with van der Waals surface area (Å²) >= 11 is 3.16. The predicted molar refractivity (Wildman–Crippen MR) is 88.9 cm³/mol. The highest BCUT2D eigenvalue weighted by atomic mass is 32.1. The fourth-order valence-corrected chi connectivity index (χ4v) is 3.66. The highest BCUT2D eigenvalue weighted by molar-refractivity contribution is 7.20. The Morgan fingerprint density at radius 2 is 2.18 bits per heavy atom. The zero-order chi connectivity index (χ0) is 15.5. The first kappa shape index (κ1) is 14.9. The van der Waals surface area contributed by atoms with Crippen molar-refractivity contribution in [3.05, 3.63) is 58.2 Å². The smallest absolute Gasteiger partial charge is 0.230 e. The predicted octanol–water partition coefficient (Wildman–Crippen LogP) is 4.50. The van der Waals surface area contributed by atoms with Crippen LogP contribution in [0, 0.1) is 12.7 Å². The molecule has 0 aliphatic heterocycles. The van der Waals surface area contributed by atoms with Crippen LogP contribution in [0.1, 0.15) is 11.3 Å². The molecule has 0 fully saturated rings. The van der Waals surface area contributed by atoms with Gasteiger partial charge in [-0.3, -0.25) is 4.79 Å². The summed E-state index contributed by atoms with van der Waals surface area (Å²) in [4.78, 5) is 17.7. The summed E-state index contributed by atoms with van der Waals surface area (Å²) in [5.41, 5.74) is 2.07. The molecule has 0 bridgehead atoms. The number of hydrogen-bond acceptors (Lipinski definition) is 4. The normalized spacial score (nSPS) is 10.6. The average molecular weight is 332 g/mol. The number of halogens is 1. The van der Waals surface area contributed by atoms with E-state index in [1.54, 1.807) is 24.3 Å². The third kappa shape index (κ3) is 3.40. The molecule has 1 amide bonds. The van der Waals surface area contributed by atoms with Gasteiger partial charge >= 0.3 is 0 Å². The number of aromatic nitrogens is 1. The van der Waals surface area contributed by atoms with Gasteiger partial charge in [0, 0.05) is 11.1 Å². The molecule has 0 atom stereocenters. The van der Waals surface area contributed by atoms with Crippen LogP contribution >= 0.6 is 22.7 Å². The summed E-state index contributed by atoms with van der Waals surface area (Å²) in [5, 5.41) is 7.61. The van der Waals surface area contributed by atoms with Crippen LogP contribution in [-0.4, -0.2) is 10.9 Å². The van der Waals surface area contributed by atoms with Crippen molar-refractivity contribution in [2.24, 2.45) is 0 Å². The maximum atomic E-state index is 13.0. The highest BCUT2D eigenvalue weighted by Crippen LogP contribution is 2.28. The molecule has 3 aromatic rings. The lowest BCUT2D eigenvalue weighted by Crippen LogP contribution is -2.15. The topological polar surface area (TPSA) is 42.0 Å². The molecule has 3 rings (SSSR count). The summed E-state index contributed by atoms with van der Waals surface area (Å²) in [5.74, 6) is -0.465. The summed E-state index contributed by atoms with van der Waals surface area (Å²) in [6, 6.07) is 8.29. The zero-order valence-corrected chi connectivity index (χ0v) is 13.4. The van der Waals surface area contributed by atoms with Crippen LogP contribution < -0.4 is 5.32 Å². The van der Waals surface area contributed by atoms with Gasteiger partial charge in [-0.15, -0.1) is 22.7 Å². The van der Waals surface area contributed by atoms with Crippen molar-refractivity contribution in [3.8, 4) is 9.88 Å². The van der Waals surface area contributed by atoms with Crippen LogP contribution in [0.15, 0.2) is 41.1 Å². The maximum Gasteiger partial charge on any atom is 0.230 e. The van der Waals surface area contributed by atoms with Crippen molar-refractivity contribution in [2.45, 2.75) is 13.3 Å². The molecule has 0 saturated carbocycles. The Kier molecular flexibility index (Phi) is 4.31. The molecule has 0 unspecified atom stereocenters. The number of benzene rings is 1. The molecule has 2 aromatic heterocycles. The van der Waals surface area contributed by atoms with Crippen molar-refractivity contribution in [1.82, 2.24) is 4.98 Å². The molecular weight excluding hydrogens is 319 g/mol. The second kappa shape index (κ2) is 6.37. The molecule has 0 radical (unpaired) electrons. The van der Waals surface area contributed by atoms with Crippen LogP contribution in [-0.2, 0) is 11.2 Å². The van der Waals surface area contributed by atoms with Gasteiger partial charge < -0.3 is 5.32 Å². The second-order valence-corrected chi connectivity index (χ2v) is 6.61. The SMILES string of the molecule is Cc1cc(F)ccc1NC(=O)Cc1csc(-c2cccs2)n1. The second-order valence-electron chi connectivity index (χ2n) is 4.81. The van der Waals surface area contributed by atoms with Crippen LogP contribution in [0.5, 0.6) is 0 Å². The molecule has 0 saturated heterocycles. The molecule has 22 heavy (non-hydrogen) atoms. The Hall–Kier alpha value is -2.05. The monoisotopic (exact) mass is 332 g/mol. The Morgan fingerprint density at radius 3 is 2.91 bits per heavy atom. The summed E-state index contributed by atoms with van der Waals surface area (Å²) in [6.45, 7) is 1.76. The first-order chi connectivity index (χ1) is 10.6. The summed E-state index contributed by atoms with van der Waals surface area (Å²) < 4.78 is 13.0. The fourth-order valence-electron chi connectivity index (χ4n) is 2.03. The number of carbonyl (C=O) groups excluding carboxylic acids is 1. The molecule has 6 heteroatoms. The Bertz CT molecular complexity index is 796. The average Bonchev–Trinajstić information content (AvgIpc) is 3.12. The number of nitrogens with zero attached hydrogens (tertiary/aromatic N) is 1. The maximum absolute atomic E-state index is 13.0. The summed E-state index contributed by atoms with van der Waals surface area (Å²) in [6.07, 6.45) is 0.207. The van der Waals surface area contributed by atoms with Crippen molar-refractivity contribution in [2.75, 3.05) is 5.32 Å². The van der Waals surface area contributed by atoms with Gasteiger partial charge in [0.05, 0.1) is 17.0 Å². The molecule has 2 heterocycles. The van der Waals surface area contributed by atoms with Gasteiger partial charge in [-0.2, -0.15) is 0 Å². The molecule has 1 aromatic carbocycles. The quantitative estimate of drug-likeness (QED) is 0.764. The molecule has 1 N–H and O–H groups in total. The van der Waals surface area contributed by atoms with E-state index in [1.807, 2.05) is 22.9 Å². The first-order valence-electron chi connectivity index (χ1n) is 6.66. The van der Waals surface area contributed by atoms with Crippen LogP contribution in [0.25, 0.3) is 9.88 Å². The zero-order valence-electron chi connectivity index (χ0n) is 11.8. The summed E-state index contributed by atoms with van der Waals surface area (Å²) in [7, 11) is 0. The number of aryl methyl sites for hydroxylation is 1. The van der Waals surface area contributed by atoms with E-state index in [9.17, 15) is 9.18 Å². The number of rotatable bonds is 4. The molecule has 0 aliphatic carbocycles. The molecule has 112 valence electrons. The lowest BCUT2D eigenvalue weighted by atomic mass is 10.2. The molecule has 3 nitrogen and oxygen atoms in total. The lowest BCUT2D eigenvalue weighted by molar-refractivity contribution is -0.115. The van der Waals surface area contributed by atoms with E-state index >= 15 is 0 Å². The van der Waals surface area contributed by atoms with E-state index in [0.717, 1.165) is 15.6 Å². The van der Waals surface area contributed by atoms with Crippen molar-refractivity contribution < 1.29 is 9.18 Å². The number of anilines is 1. The minimum Gasteiger partial charge on any atom is -0.326 e. The van der Waals surface area contributed by atoms with E-state index in [2.05, 4.69) is 10.3 Å². The third-order valence-corrected chi connectivity index (χ3v) is 5.02. The van der Waals surface area contributed by atoms with Gasteiger partial charge in [0.25, 0.3) is 0 Å². The molecule has 0 spiro atoms. The molecule has 0 aliphatic rings. The number of hydrogen-bond donors (Lipinski definition) is 1. The minimum atomic E-state index is -0.310. The Balaban J connectivity index is 1.67. The van der Waals surface area contributed by atoms with Gasteiger partial charge in [-0.05, 0) is 42.1 Å². The highest BCUT2D eigenvalue weighted by Gasteiger charge is 2.11. The van der Waals surface area contributed by atoms with Gasteiger partial charge in [-0.25, -0.2) is 9.37 Å². The number of thiazole rings is 1. The Morgan fingerprint density at radius 1 is 1.32 bits per heavy atom. The van der Waals surface area contributed by atoms with Crippen molar-refractivity contribution in [1.29, 1.82) is 0 Å². The van der Waals surface area contributed by atoms with Gasteiger partial charge in [0.1, 0.15) is 10.8 Å². The van der Waals surface area contributed by atoms with E-state index in [4.69, 9.17) is 0 Å². The van der Waals surface area contributed by atoms with E-state index < -0.39 is 0 Å². The van der Waals surface area contributed by atoms with Gasteiger partial charge in [0.2, 0.25) is 5.91 Å².